The van der Waals surface area contributed by atoms with Gasteiger partial charge in [0.2, 0.25) is 15.9 Å². The first kappa shape index (κ1) is 17.0. The van der Waals surface area contributed by atoms with Crippen molar-refractivity contribution in [2.24, 2.45) is 0 Å². The van der Waals surface area contributed by atoms with E-state index in [9.17, 15) is 8.42 Å². The zero-order valence-corrected chi connectivity index (χ0v) is 15.7. The van der Waals surface area contributed by atoms with Crippen molar-refractivity contribution in [1.82, 2.24) is 19.5 Å². The standard InChI is InChI=1S/C17H21N5O3S/c1-17(2)11-21(5-6-22(17)26(3,23)24)15-9-12(16-18-4-7-25-16)8-14-13(15)10-19-20-14/h4,7-10H,5-6,11H2,1-3H3,(H,19,20). The van der Waals surface area contributed by atoms with Crippen LogP contribution in [0.25, 0.3) is 22.4 Å². The quantitative estimate of drug-likeness (QED) is 0.753. The number of aromatic nitrogens is 3. The average molecular weight is 375 g/mol. The Hall–Kier alpha value is -2.39. The number of hydrogen-bond donors (Lipinski definition) is 1. The summed E-state index contributed by atoms with van der Waals surface area (Å²) in [5.74, 6) is 0.539. The molecular weight excluding hydrogens is 354 g/mol. The minimum atomic E-state index is -3.25. The Morgan fingerprint density at radius 1 is 1.27 bits per heavy atom. The van der Waals surface area contributed by atoms with Gasteiger partial charge in [0.1, 0.15) is 6.26 Å². The van der Waals surface area contributed by atoms with Gasteiger partial charge in [-0.25, -0.2) is 13.4 Å². The molecule has 1 N–H and O–H groups in total. The molecule has 26 heavy (non-hydrogen) atoms. The molecular formula is C17H21N5O3S. The van der Waals surface area contributed by atoms with Crippen molar-refractivity contribution >= 4 is 26.6 Å². The fourth-order valence-electron chi connectivity index (χ4n) is 3.74. The lowest BCUT2D eigenvalue weighted by Gasteiger charge is -2.46. The number of benzene rings is 1. The van der Waals surface area contributed by atoms with Crippen molar-refractivity contribution in [3.05, 3.63) is 30.8 Å². The second-order valence-corrected chi connectivity index (χ2v) is 9.14. The van der Waals surface area contributed by atoms with Gasteiger partial charge in [-0.05, 0) is 26.0 Å². The SMILES string of the molecule is CC1(C)CN(c2cc(-c3ncco3)cc3[nH]ncc23)CCN1S(C)(=O)=O. The van der Waals surface area contributed by atoms with Crippen molar-refractivity contribution in [2.75, 3.05) is 30.8 Å². The van der Waals surface area contributed by atoms with Crippen LogP contribution in [0, 0.1) is 0 Å². The lowest BCUT2D eigenvalue weighted by molar-refractivity contribution is 0.206. The maximum absolute atomic E-state index is 12.1. The summed E-state index contributed by atoms with van der Waals surface area (Å²) in [6.45, 7) is 5.52. The Morgan fingerprint density at radius 3 is 2.73 bits per heavy atom. The topological polar surface area (TPSA) is 95.3 Å². The predicted octanol–water partition coefficient (Wildman–Crippen LogP) is 2.08. The van der Waals surface area contributed by atoms with E-state index >= 15 is 0 Å². The van der Waals surface area contributed by atoms with E-state index in [2.05, 4.69) is 20.1 Å². The zero-order chi connectivity index (χ0) is 18.5. The van der Waals surface area contributed by atoms with Crippen molar-refractivity contribution in [2.45, 2.75) is 19.4 Å². The van der Waals surface area contributed by atoms with Gasteiger partial charge in [-0.3, -0.25) is 5.10 Å². The average Bonchev–Trinajstić information content (AvgIpc) is 3.22. The molecule has 0 unspecified atom stereocenters. The lowest BCUT2D eigenvalue weighted by Crippen LogP contribution is -2.60. The molecule has 8 nitrogen and oxygen atoms in total. The molecule has 1 saturated heterocycles. The van der Waals surface area contributed by atoms with E-state index in [0.29, 0.717) is 25.5 Å². The van der Waals surface area contributed by atoms with E-state index in [-0.39, 0.29) is 0 Å². The van der Waals surface area contributed by atoms with Gasteiger partial charge >= 0.3 is 0 Å². The number of rotatable bonds is 3. The van der Waals surface area contributed by atoms with Gasteiger partial charge in [-0.15, -0.1) is 0 Å². The van der Waals surface area contributed by atoms with Gasteiger partial charge in [-0.1, -0.05) is 0 Å². The first-order valence-electron chi connectivity index (χ1n) is 8.35. The number of piperazine rings is 1. The summed E-state index contributed by atoms with van der Waals surface area (Å²) in [5, 5.41) is 8.15. The molecule has 3 heterocycles. The first-order chi connectivity index (χ1) is 12.3. The zero-order valence-electron chi connectivity index (χ0n) is 14.9. The summed E-state index contributed by atoms with van der Waals surface area (Å²) in [7, 11) is -3.25. The van der Waals surface area contributed by atoms with Crippen LogP contribution >= 0.6 is 0 Å². The van der Waals surface area contributed by atoms with Crippen LogP contribution in [0.5, 0.6) is 0 Å². The number of hydrogen-bond acceptors (Lipinski definition) is 6. The number of oxazole rings is 1. The highest BCUT2D eigenvalue weighted by Gasteiger charge is 2.39. The second-order valence-electron chi connectivity index (χ2n) is 7.23. The fourth-order valence-corrected chi connectivity index (χ4v) is 5.11. The molecule has 9 heteroatoms. The highest BCUT2D eigenvalue weighted by Crippen LogP contribution is 2.35. The summed E-state index contributed by atoms with van der Waals surface area (Å²) in [6.07, 6.45) is 6.21. The molecule has 2 aromatic heterocycles. The highest BCUT2D eigenvalue weighted by molar-refractivity contribution is 7.88. The monoisotopic (exact) mass is 375 g/mol. The van der Waals surface area contributed by atoms with Gasteiger partial charge in [0, 0.05) is 41.8 Å². The van der Waals surface area contributed by atoms with Crippen molar-refractivity contribution < 1.29 is 12.8 Å². The summed E-state index contributed by atoms with van der Waals surface area (Å²) in [4.78, 5) is 6.43. The molecule has 4 rings (SSSR count). The van der Waals surface area contributed by atoms with Crippen LogP contribution in [-0.2, 0) is 10.0 Å². The summed E-state index contributed by atoms with van der Waals surface area (Å²) in [6, 6.07) is 3.98. The Labute approximate surface area is 151 Å². The van der Waals surface area contributed by atoms with Crippen LogP contribution in [0.15, 0.2) is 35.2 Å². The Morgan fingerprint density at radius 2 is 2.08 bits per heavy atom. The van der Waals surface area contributed by atoms with E-state index < -0.39 is 15.6 Å². The number of nitrogens with one attached hydrogen (secondary N) is 1. The number of H-pyrrole nitrogens is 1. The third-order valence-electron chi connectivity index (χ3n) is 4.78. The van der Waals surface area contributed by atoms with Gasteiger partial charge in [0.15, 0.2) is 0 Å². The van der Waals surface area contributed by atoms with E-state index in [1.54, 1.807) is 23.0 Å². The molecule has 3 aromatic rings. The van der Waals surface area contributed by atoms with Crippen molar-refractivity contribution in [3.63, 3.8) is 0 Å². The molecule has 1 aliphatic heterocycles. The number of anilines is 1. The van der Waals surface area contributed by atoms with E-state index in [1.807, 2.05) is 26.0 Å². The van der Waals surface area contributed by atoms with Crippen molar-refractivity contribution in [1.29, 1.82) is 0 Å². The third-order valence-corrected chi connectivity index (χ3v) is 6.26. The van der Waals surface area contributed by atoms with Crippen LogP contribution in [0.2, 0.25) is 0 Å². The predicted molar refractivity (Wildman–Crippen MR) is 99.4 cm³/mol. The molecule has 1 aliphatic rings. The van der Waals surface area contributed by atoms with E-state index in [0.717, 1.165) is 22.2 Å². The van der Waals surface area contributed by atoms with Crippen LogP contribution in [0.1, 0.15) is 13.8 Å². The highest BCUT2D eigenvalue weighted by atomic mass is 32.2. The van der Waals surface area contributed by atoms with Crippen LogP contribution in [0.4, 0.5) is 5.69 Å². The molecule has 0 aliphatic carbocycles. The molecule has 0 saturated carbocycles. The van der Waals surface area contributed by atoms with Gasteiger partial charge < -0.3 is 9.32 Å². The van der Waals surface area contributed by atoms with Gasteiger partial charge in [0.05, 0.1) is 24.2 Å². The van der Waals surface area contributed by atoms with Crippen LogP contribution in [-0.4, -0.2) is 59.3 Å². The first-order valence-corrected chi connectivity index (χ1v) is 10.2. The minimum absolute atomic E-state index is 0.439. The molecule has 0 atom stereocenters. The number of aromatic amines is 1. The maximum atomic E-state index is 12.1. The third kappa shape index (κ3) is 2.86. The summed E-state index contributed by atoms with van der Waals surface area (Å²) in [5.41, 5.74) is 2.22. The van der Waals surface area contributed by atoms with E-state index in [1.165, 1.54) is 6.26 Å². The molecule has 1 aromatic carbocycles. The molecule has 1 fully saturated rings. The molecule has 0 spiro atoms. The summed E-state index contributed by atoms with van der Waals surface area (Å²) < 4.78 is 31.2. The minimum Gasteiger partial charge on any atom is -0.445 e. The van der Waals surface area contributed by atoms with E-state index in [4.69, 9.17) is 4.42 Å². The number of nitrogens with zero attached hydrogens (tertiary/aromatic N) is 4. The van der Waals surface area contributed by atoms with Gasteiger partial charge in [-0.2, -0.15) is 9.40 Å². The number of fused-ring (bicyclic) bond motifs is 1. The Bertz CT molecular complexity index is 1040. The second kappa shape index (κ2) is 5.82. The largest absolute Gasteiger partial charge is 0.445 e. The fraction of sp³-hybridized carbons (Fsp3) is 0.412. The van der Waals surface area contributed by atoms with Crippen LogP contribution in [0.3, 0.4) is 0 Å². The Balaban J connectivity index is 1.76. The molecule has 0 bridgehead atoms. The summed E-state index contributed by atoms with van der Waals surface area (Å²) >= 11 is 0. The normalized spacial score (nSPS) is 18.5. The van der Waals surface area contributed by atoms with Crippen LogP contribution < -0.4 is 4.90 Å². The smallest absolute Gasteiger partial charge is 0.226 e. The molecule has 138 valence electrons. The number of sulfonamides is 1. The Kier molecular flexibility index (Phi) is 3.81. The van der Waals surface area contributed by atoms with Gasteiger partial charge in [0.25, 0.3) is 0 Å². The molecule has 0 amide bonds. The lowest BCUT2D eigenvalue weighted by atomic mass is 10.00. The maximum Gasteiger partial charge on any atom is 0.226 e. The molecule has 0 radical (unpaired) electrons. The van der Waals surface area contributed by atoms with Crippen molar-refractivity contribution in [3.8, 4) is 11.5 Å².